The summed E-state index contributed by atoms with van der Waals surface area (Å²) in [6, 6.07) is 2.16. The molecule has 0 spiro atoms. The molecule has 0 saturated carbocycles. The zero-order valence-corrected chi connectivity index (χ0v) is 10.3. The van der Waals surface area contributed by atoms with Crippen LogP contribution in [0.25, 0.3) is 0 Å². The number of hydrogen-bond donors (Lipinski definition) is 1. The largest absolute Gasteiger partial charge is 0.367 e. The Morgan fingerprint density at radius 3 is 2.60 bits per heavy atom. The Morgan fingerprint density at radius 2 is 2.00 bits per heavy atom. The molecule has 4 heteroatoms. The maximum atomic E-state index is 5.76. The highest BCUT2D eigenvalue weighted by Gasteiger charge is 2.04. The van der Waals surface area contributed by atoms with E-state index in [1.165, 1.54) is 12.7 Å². The highest BCUT2D eigenvalue weighted by Crippen LogP contribution is 2.13. The van der Waals surface area contributed by atoms with Gasteiger partial charge in [0.15, 0.2) is 0 Å². The molecule has 0 aliphatic heterocycles. The second-order valence-corrected chi connectivity index (χ2v) is 4.63. The van der Waals surface area contributed by atoms with Crippen LogP contribution in [-0.2, 0) is 0 Å². The third-order valence-corrected chi connectivity index (χ3v) is 2.41. The molecule has 0 bridgehead atoms. The molecule has 1 heterocycles. The molecule has 1 aromatic heterocycles. The van der Waals surface area contributed by atoms with Crippen molar-refractivity contribution in [1.29, 1.82) is 0 Å². The summed E-state index contributed by atoms with van der Waals surface area (Å²) in [5, 5.41) is 3.78. The first-order valence-corrected chi connectivity index (χ1v) is 5.70. The van der Waals surface area contributed by atoms with Crippen LogP contribution in [0.2, 0.25) is 5.15 Å². The van der Waals surface area contributed by atoms with E-state index in [9.17, 15) is 0 Å². The average Bonchev–Trinajstić information content (AvgIpc) is 2.15. The van der Waals surface area contributed by atoms with Gasteiger partial charge in [0, 0.05) is 12.1 Å². The molecule has 1 aromatic rings. The van der Waals surface area contributed by atoms with E-state index in [-0.39, 0.29) is 0 Å². The van der Waals surface area contributed by atoms with Crippen LogP contribution in [-0.4, -0.2) is 16.0 Å². The van der Waals surface area contributed by atoms with Gasteiger partial charge in [-0.2, -0.15) is 0 Å². The zero-order chi connectivity index (χ0) is 11.3. The Bertz CT molecular complexity index is 302. The first-order chi connectivity index (χ1) is 7.08. The van der Waals surface area contributed by atoms with Crippen LogP contribution >= 0.6 is 11.6 Å². The maximum absolute atomic E-state index is 5.76. The molecule has 1 unspecified atom stereocenters. The Balaban J connectivity index is 2.40. The van der Waals surface area contributed by atoms with Gasteiger partial charge in [-0.15, -0.1) is 0 Å². The minimum atomic E-state index is 0.415. The molecule has 1 N–H and O–H groups in total. The topological polar surface area (TPSA) is 37.8 Å². The number of aromatic nitrogens is 2. The number of nitrogens with zero attached hydrogens (tertiary/aromatic N) is 2. The van der Waals surface area contributed by atoms with Gasteiger partial charge in [-0.1, -0.05) is 25.4 Å². The van der Waals surface area contributed by atoms with E-state index < -0.39 is 0 Å². The predicted octanol–water partition coefficient (Wildman–Crippen LogP) is 3.37. The molecule has 0 aliphatic carbocycles. The molecule has 15 heavy (non-hydrogen) atoms. The molecule has 1 atom stereocenters. The summed E-state index contributed by atoms with van der Waals surface area (Å²) in [5.41, 5.74) is 0. The Labute approximate surface area is 96.3 Å². The van der Waals surface area contributed by atoms with Crippen molar-refractivity contribution in [3.63, 3.8) is 0 Å². The Kier molecular flexibility index (Phi) is 4.82. The second-order valence-electron chi connectivity index (χ2n) is 4.24. The van der Waals surface area contributed by atoms with Crippen molar-refractivity contribution >= 4 is 17.4 Å². The van der Waals surface area contributed by atoms with Crippen LogP contribution in [0.4, 0.5) is 5.82 Å². The van der Waals surface area contributed by atoms with Gasteiger partial charge in [0.1, 0.15) is 17.3 Å². The smallest absolute Gasteiger partial charge is 0.134 e. The predicted molar refractivity (Wildman–Crippen MR) is 64.2 cm³/mol. The molecular weight excluding hydrogens is 210 g/mol. The van der Waals surface area contributed by atoms with E-state index in [1.807, 2.05) is 0 Å². The lowest BCUT2D eigenvalue weighted by Crippen LogP contribution is -2.16. The van der Waals surface area contributed by atoms with E-state index in [4.69, 9.17) is 11.6 Å². The highest BCUT2D eigenvalue weighted by molar-refractivity contribution is 6.29. The number of hydrogen-bond acceptors (Lipinski definition) is 3. The Morgan fingerprint density at radius 1 is 1.27 bits per heavy atom. The third-order valence-electron chi connectivity index (χ3n) is 2.21. The maximum Gasteiger partial charge on any atom is 0.134 e. The quantitative estimate of drug-likeness (QED) is 0.784. The molecule has 0 amide bonds. The fourth-order valence-corrected chi connectivity index (χ4v) is 1.47. The standard InChI is InChI=1S/C11H18ClN3/c1-8(2)4-5-9(3)15-11-6-10(12)13-7-14-11/h6-9H,4-5H2,1-3H3,(H,13,14,15). The van der Waals surface area contributed by atoms with Crippen molar-refractivity contribution < 1.29 is 0 Å². The lowest BCUT2D eigenvalue weighted by molar-refractivity contribution is 0.527. The van der Waals surface area contributed by atoms with Crippen LogP contribution in [0.15, 0.2) is 12.4 Å². The Hall–Kier alpha value is -0.830. The van der Waals surface area contributed by atoms with Gasteiger partial charge in [-0.05, 0) is 25.7 Å². The van der Waals surface area contributed by atoms with Crippen molar-refractivity contribution in [3.8, 4) is 0 Å². The molecule has 3 nitrogen and oxygen atoms in total. The van der Waals surface area contributed by atoms with E-state index in [1.54, 1.807) is 6.07 Å². The van der Waals surface area contributed by atoms with Gasteiger partial charge in [0.25, 0.3) is 0 Å². The summed E-state index contributed by atoms with van der Waals surface area (Å²) in [6.07, 6.45) is 3.83. The SMILES string of the molecule is CC(C)CCC(C)Nc1cc(Cl)ncn1. The first-order valence-electron chi connectivity index (χ1n) is 5.32. The fourth-order valence-electron chi connectivity index (χ4n) is 1.32. The molecule has 0 saturated heterocycles. The van der Waals surface area contributed by atoms with E-state index in [0.29, 0.717) is 11.2 Å². The summed E-state index contributed by atoms with van der Waals surface area (Å²) in [5.74, 6) is 1.54. The van der Waals surface area contributed by atoms with Crippen molar-refractivity contribution in [1.82, 2.24) is 9.97 Å². The van der Waals surface area contributed by atoms with Crippen molar-refractivity contribution in [2.75, 3.05) is 5.32 Å². The lowest BCUT2D eigenvalue weighted by atomic mass is 10.0. The summed E-state index contributed by atoms with van der Waals surface area (Å²) in [6.45, 7) is 6.61. The van der Waals surface area contributed by atoms with Gasteiger partial charge >= 0.3 is 0 Å². The van der Waals surface area contributed by atoms with Crippen LogP contribution in [0.3, 0.4) is 0 Å². The molecule has 0 aliphatic rings. The van der Waals surface area contributed by atoms with Gasteiger partial charge < -0.3 is 5.32 Å². The van der Waals surface area contributed by atoms with Crippen LogP contribution in [0.1, 0.15) is 33.6 Å². The molecule has 1 rings (SSSR count). The van der Waals surface area contributed by atoms with Crippen molar-refractivity contribution in [2.24, 2.45) is 5.92 Å². The van der Waals surface area contributed by atoms with E-state index in [0.717, 1.165) is 18.2 Å². The molecule has 0 aromatic carbocycles. The van der Waals surface area contributed by atoms with Crippen LogP contribution in [0, 0.1) is 5.92 Å². The summed E-state index contributed by atoms with van der Waals surface area (Å²) in [7, 11) is 0. The van der Waals surface area contributed by atoms with Gasteiger partial charge in [0.2, 0.25) is 0 Å². The molecule has 84 valence electrons. The zero-order valence-electron chi connectivity index (χ0n) is 9.50. The second kappa shape index (κ2) is 5.91. The first kappa shape index (κ1) is 12.2. The van der Waals surface area contributed by atoms with Gasteiger partial charge in [-0.3, -0.25) is 0 Å². The van der Waals surface area contributed by atoms with Gasteiger partial charge in [-0.25, -0.2) is 9.97 Å². The molecule has 0 radical (unpaired) electrons. The summed E-state index contributed by atoms with van der Waals surface area (Å²) >= 11 is 5.76. The normalized spacial score (nSPS) is 12.9. The van der Waals surface area contributed by atoms with Crippen molar-refractivity contribution in [2.45, 2.75) is 39.7 Å². The number of halogens is 1. The van der Waals surface area contributed by atoms with Crippen LogP contribution < -0.4 is 5.32 Å². The van der Waals surface area contributed by atoms with E-state index in [2.05, 4.69) is 36.1 Å². The summed E-state index contributed by atoms with van der Waals surface area (Å²) in [4.78, 5) is 7.94. The third kappa shape index (κ3) is 4.98. The lowest BCUT2D eigenvalue weighted by Gasteiger charge is -2.15. The fraction of sp³-hybridized carbons (Fsp3) is 0.636. The molecule has 0 fully saturated rings. The minimum absolute atomic E-state index is 0.415. The van der Waals surface area contributed by atoms with Crippen LogP contribution in [0.5, 0.6) is 0 Å². The number of anilines is 1. The van der Waals surface area contributed by atoms with Gasteiger partial charge in [0.05, 0.1) is 0 Å². The number of nitrogens with one attached hydrogen (secondary N) is 1. The monoisotopic (exact) mass is 227 g/mol. The number of rotatable bonds is 5. The van der Waals surface area contributed by atoms with E-state index >= 15 is 0 Å². The van der Waals surface area contributed by atoms with Crippen molar-refractivity contribution in [3.05, 3.63) is 17.5 Å². The molecular formula is C11H18ClN3. The highest BCUT2D eigenvalue weighted by atomic mass is 35.5. The average molecular weight is 228 g/mol. The summed E-state index contributed by atoms with van der Waals surface area (Å²) < 4.78 is 0. The minimum Gasteiger partial charge on any atom is -0.367 e.